The molecule has 0 aromatic heterocycles. The number of aromatic hydroxyl groups is 4. The van der Waals surface area contributed by atoms with Crippen molar-refractivity contribution < 1.29 is 25.3 Å². The minimum atomic E-state index is -0.243. The summed E-state index contributed by atoms with van der Waals surface area (Å²) in [5, 5.41) is 59.0. The van der Waals surface area contributed by atoms with Crippen LogP contribution in [0.25, 0.3) is 0 Å². The number of hydrogen-bond acceptors (Lipinski definition) is 8. The standard InChI is InChI=1S/C34H43N3O6/c1-20(2)31-25(36-18-22-7-10-27(39)29(41)15-22)16-24-23(32(31)37(42)43)8-11-30-33(3,12-5-13-34(24,30)4)19-35-17-21-6-9-26(38)28(40)14-21/h6-7,9-10,14-16,20,30,35-36,38-41H,5,8,11-13,17-19H2,1-4H3/t30-,33-,34+/m0/s1. The summed E-state index contributed by atoms with van der Waals surface area (Å²) in [6.45, 7) is 10.3. The maximum Gasteiger partial charge on any atom is 0.278 e. The molecule has 0 radical (unpaired) electrons. The molecule has 2 aliphatic carbocycles. The highest BCUT2D eigenvalue weighted by Crippen LogP contribution is 2.59. The zero-order chi connectivity index (χ0) is 31.1. The first kappa shape index (κ1) is 30.5. The molecular formula is C34H43N3O6. The second-order valence-electron chi connectivity index (χ2n) is 13.2. The van der Waals surface area contributed by atoms with Gasteiger partial charge in [0.25, 0.3) is 5.69 Å². The molecule has 0 heterocycles. The zero-order valence-corrected chi connectivity index (χ0v) is 25.4. The smallest absolute Gasteiger partial charge is 0.278 e. The topological polar surface area (TPSA) is 148 Å². The SMILES string of the molecule is CC(C)c1c(NCc2ccc(O)c(O)c2)cc2c(c1[N+](=O)[O-])CC[C@H]1[C@](C)(CNCc3ccc(O)c(O)c3)CCC[C@]21C. The van der Waals surface area contributed by atoms with E-state index in [1.54, 1.807) is 18.2 Å². The van der Waals surface area contributed by atoms with Crippen LogP contribution >= 0.6 is 0 Å². The molecule has 0 saturated heterocycles. The third-order valence-electron chi connectivity index (χ3n) is 9.98. The van der Waals surface area contributed by atoms with Gasteiger partial charge in [-0.15, -0.1) is 0 Å². The second kappa shape index (κ2) is 11.6. The van der Waals surface area contributed by atoms with E-state index in [2.05, 4.69) is 30.5 Å². The summed E-state index contributed by atoms with van der Waals surface area (Å²) < 4.78 is 0. The minimum Gasteiger partial charge on any atom is -0.504 e. The third kappa shape index (κ3) is 5.70. The summed E-state index contributed by atoms with van der Waals surface area (Å²) in [5.41, 5.74) is 4.95. The van der Waals surface area contributed by atoms with Gasteiger partial charge in [0.15, 0.2) is 23.0 Å². The lowest BCUT2D eigenvalue weighted by Gasteiger charge is -2.55. The predicted molar refractivity (Wildman–Crippen MR) is 167 cm³/mol. The van der Waals surface area contributed by atoms with E-state index < -0.39 is 0 Å². The largest absolute Gasteiger partial charge is 0.504 e. The maximum atomic E-state index is 12.7. The summed E-state index contributed by atoms with van der Waals surface area (Å²) in [4.78, 5) is 12.5. The Hall–Kier alpha value is -3.98. The first-order valence-electron chi connectivity index (χ1n) is 15.1. The Morgan fingerprint density at radius 1 is 0.930 bits per heavy atom. The Morgan fingerprint density at radius 2 is 1.56 bits per heavy atom. The van der Waals surface area contributed by atoms with Gasteiger partial charge in [-0.25, -0.2) is 0 Å². The van der Waals surface area contributed by atoms with Crippen molar-refractivity contribution >= 4 is 11.4 Å². The lowest BCUT2D eigenvalue weighted by atomic mass is 9.49. The predicted octanol–water partition coefficient (Wildman–Crippen LogP) is 6.95. The van der Waals surface area contributed by atoms with Crippen LogP contribution in [-0.4, -0.2) is 31.9 Å². The van der Waals surface area contributed by atoms with Gasteiger partial charge in [0, 0.05) is 30.9 Å². The molecule has 0 spiro atoms. The Balaban J connectivity index is 1.48. The summed E-state index contributed by atoms with van der Waals surface area (Å²) in [6, 6.07) is 11.7. The third-order valence-corrected chi connectivity index (χ3v) is 9.98. The number of nitro groups is 1. The Labute approximate surface area is 252 Å². The number of fused-ring (bicyclic) bond motifs is 3. The molecule has 230 valence electrons. The summed E-state index contributed by atoms with van der Waals surface area (Å²) in [6.07, 6.45) is 4.55. The molecule has 0 unspecified atom stereocenters. The minimum absolute atomic E-state index is 0.0354. The fraction of sp³-hybridized carbons (Fsp3) is 0.471. The number of nitrogens with one attached hydrogen (secondary N) is 2. The quantitative estimate of drug-likeness (QED) is 0.0892. The van der Waals surface area contributed by atoms with E-state index in [1.165, 1.54) is 18.2 Å². The summed E-state index contributed by atoms with van der Waals surface area (Å²) in [5.74, 6) is -0.419. The molecule has 9 heteroatoms. The van der Waals surface area contributed by atoms with Gasteiger partial charge in [-0.05, 0) is 95.4 Å². The van der Waals surface area contributed by atoms with Crippen molar-refractivity contribution in [2.75, 3.05) is 11.9 Å². The highest BCUT2D eigenvalue weighted by Gasteiger charge is 2.53. The van der Waals surface area contributed by atoms with E-state index >= 15 is 0 Å². The van der Waals surface area contributed by atoms with Gasteiger partial charge in [0.2, 0.25) is 0 Å². The lowest BCUT2D eigenvalue weighted by Crippen LogP contribution is -2.52. The molecule has 3 atom stereocenters. The van der Waals surface area contributed by atoms with Gasteiger partial charge >= 0.3 is 0 Å². The van der Waals surface area contributed by atoms with E-state index in [4.69, 9.17) is 0 Å². The number of nitro benzene ring substituents is 1. The van der Waals surface area contributed by atoms with Crippen molar-refractivity contribution in [2.45, 2.75) is 84.2 Å². The van der Waals surface area contributed by atoms with E-state index in [0.717, 1.165) is 60.2 Å². The number of nitrogens with zero attached hydrogens (tertiary/aromatic N) is 1. The molecule has 3 aromatic carbocycles. The Kier molecular flexibility index (Phi) is 8.22. The van der Waals surface area contributed by atoms with Crippen LogP contribution in [0.2, 0.25) is 0 Å². The van der Waals surface area contributed by atoms with Gasteiger partial charge in [0.1, 0.15) is 0 Å². The van der Waals surface area contributed by atoms with Gasteiger partial charge in [-0.3, -0.25) is 10.1 Å². The normalized spacial score (nSPS) is 23.0. The van der Waals surface area contributed by atoms with Crippen molar-refractivity contribution in [1.29, 1.82) is 0 Å². The first-order valence-corrected chi connectivity index (χ1v) is 15.1. The molecule has 1 fully saturated rings. The van der Waals surface area contributed by atoms with Crippen molar-refractivity contribution in [3.8, 4) is 23.0 Å². The molecule has 3 aromatic rings. The van der Waals surface area contributed by atoms with Crippen molar-refractivity contribution in [3.63, 3.8) is 0 Å². The van der Waals surface area contributed by atoms with Crippen molar-refractivity contribution in [1.82, 2.24) is 5.32 Å². The van der Waals surface area contributed by atoms with Gasteiger partial charge in [-0.2, -0.15) is 0 Å². The number of hydrogen-bond donors (Lipinski definition) is 6. The fourth-order valence-corrected chi connectivity index (χ4v) is 7.94. The average Bonchev–Trinajstić information content (AvgIpc) is 2.94. The number of benzene rings is 3. The molecule has 9 nitrogen and oxygen atoms in total. The van der Waals surface area contributed by atoms with Crippen LogP contribution in [0.5, 0.6) is 23.0 Å². The highest BCUT2D eigenvalue weighted by molar-refractivity contribution is 5.70. The number of phenolic OH excluding ortho intramolecular Hbond substituents is 4. The maximum absolute atomic E-state index is 12.7. The summed E-state index contributed by atoms with van der Waals surface area (Å²) >= 11 is 0. The molecule has 6 N–H and O–H groups in total. The van der Waals surface area contributed by atoms with E-state index in [0.29, 0.717) is 31.0 Å². The highest BCUT2D eigenvalue weighted by atomic mass is 16.6. The van der Waals surface area contributed by atoms with Gasteiger partial charge in [-0.1, -0.05) is 46.2 Å². The lowest BCUT2D eigenvalue weighted by molar-refractivity contribution is -0.386. The van der Waals surface area contributed by atoms with Gasteiger partial charge in [0.05, 0.1) is 10.5 Å². The van der Waals surface area contributed by atoms with Crippen LogP contribution in [0, 0.1) is 21.4 Å². The molecule has 5 rings (SSSR count). The van der Waals surface area contributed by atoms with Crippen LogP contribution in [0.15, 0.2) is 42.5 Å². The first-order chi connectivity index (χ1) is 20.3. The molecule has 2 aliphatic rings. The average molecular weight is 590 g/mol. The van der Waals surface area contributed by atoms with Crippen LogP contribution in [-0.2, 0) is 24.9 Å². The molecular weight excluding hydrogens is 546 g/mol. The molecule has 0 bridgehead atoms. The van der Waals surface area contributed by atoms with Crippen LogP contribution < -0.4 is 10.6 Å². The Bertz CT molecular complexity index is 1540. The second-order valence-corrected chi connectivity index (χ2v) is 13.2. The zero-order valence-electron chi connectivity index (χ0n) is 25.4. The monoisotopic (exact) mass is 589 g/mol. The van der Waals surface area contributed by atoms with Crippen molar-refractivity contribution in [2.24, 2.45) is 11.3 Å². The van der Waals surface area contributed by atoms with Gasteiger partial charge < -0.3 is 31.1 Å². The number of rotatable bonds is 9. The van der Waals surface area contributed by atoms with E-state index in [-0.39, 0.29) is 50.4 Å². The van der Waals surface area contributed by atoms with Crippen molar-refractivity contribution in [3.05, 3.63) is 80.4 Å². The molecule has 0 amide bonds. The van der Waals surface area contributed by atoms with E-state index in [1.807, 2.05) is 13.8 Å². The molecule has 0 aliphatic heterocycles. The summed E-state index contributed by atoms with van der Waals surface area (Å²) in [7, 11) is 0. The number of phenols is 4. The molecule has 1 saturated carbocycles. The molecule has 43 heavy (non-hydrogen) atoms. The Morgan fingerprint density at radius 3 is 2.14 bits per heavy atom. The van der Waals surface area contributed by atoms with Crippen LogP contribution in [0.1, 0.15) is 87.1 Å². The van der Waals surface area contributed by atoms with E-state index in [9.17, 15) is 30.5 Å². The van der Waals surface area contributed by atoms with Crippen LogP contribution in [0.3, 0.4) is 0 Å². The number of anilines is 1. The van der Waals surface area contributed by atoms with Crippen LogP contribution in [0.4, 0.5) is 11.4 Å². The fourth-order valence-electron chi connectivity index (χ4n) is 7.94.